The number of nitrogens with one attached hydrogen (secondary N) is 1. The molecule has 0 aliphatic heterocycles. The third-order valence-corrected chi connectivity index (χ3v) is 5.55. The van der Waals surface area contributed by atoms with Crippen molar-refractivity contribution in [2.45, 2.75) is 5.16 Å². The maximum absolute atomic E-state index is 12.2. The lowest BCUT2D eigenvalue weighted by Gasteiger charge is -2.07. The SMILES string of the molecule is Cn1nnnc1SCC(=O)Nc1ccc(-c2ccc3nnc(-c4ccccn4)n3n2)cc1. The molecule has 0 atom stereocenters. The van der Waals surface area contributed by atoms with Gasteiger partial charge in [0.25, 0.3) is 0 Å². The number of tetrazole rings is 1. The highest BCUT2D eigenvalue weighted by atomic mass is 32.2. The first-order valence-electron chi connectivity index (χ1n) is 9.57. The summed E-state index contributed by atoms with van der Waals surface area (Å²) >= 11 is 1.27. The van der Waals surface area contributed by atoms with Crippen LogP contribution in [0.2, 0.25) is 0 Å². The number of rotatable bonds is 6. The first kappa shape index (κ1) is 19.8. The van der Waals surface area contributed by atoms with Gasteiger partial charge in [0, 0.05) is 24.5 Å². The van der Waals surface area contributed by atoms with Crippen LogP contribution in [0.15, 0.2) is 66.0 Å². The summed E-state index contributed by atoms with van der Waals surface area (Å²) in [6.45, 7) is 0. The zero-order chi connectivity index (χ0) is 21.9. The van der Waals surface area contributed by atoms with Gasteiger partial charge >= 0.3 is 0 Å². The van der Waals surface area contributed by atoms with Gasteiger partial charge in [0.05, 0.1) is 11.4 Å². The van der Waals surface area contributed by atoms with Gasteiger partial charge in [0.2, 0.25) is 16.9 Å². The number of amides is 1. The number of nitrogens with zero attached hydrogens (tertiary/aromatic N) is 9. The summed E-state index contributed by atoms with van der Waals surface area (Å²) in [4.78, 5) is 16.5. The molecular weight excluding hydrogens is 428 g/mol. The number of benzene rings is 1. The molecule has 0 radical (unpaired) electrons. The minimum atomic E-state index is -0.144. The molecule has 11 nitrogen and oxygen atoms in total. The molecule has 158 valence electrons. The molecule has 5 aromatic rings. The molecule has 12 heteroatoms. The van der Waals surface area contributed by atoms with E-state index in [0.717, 1.165) is 11.3 Å². The van der Waals surface area contributed by atoms with E-state index in [1.54, 1.807) is 17.8 Å². The van der Waals surface area contributed by atoms with Gasteiger partial charge in [0.1, 0.15) is 5.69 Å². The zero-order valence-corrected chi connectivity index (χ0v) is 17.6. The van der Waals surface area contributed by atoms with E-state index in [0.29, 0.717) is 28.0 Å². The fraction of sp³-hybridized carbons (Fsp3) is 0.100. The van der Waals surface area contributed by atoms with E-state index in [4.69, 9.17) is 0 Å². The van der Waals surface area contributed by atoms with E-state index in [-0.39, 0.29) is 11.7 Å². The Labute approximate surface area is 185 Å². The lowest BCUT2D eigenvalue weighted by molar-refractivity contribution is -0.113. The summed E-state index contributed by atoms with van der Waals surface area (Å²) < 4.78 is 3.19. The molecule has 1 N–H and O–H groups in total. The summed E-state index contributed by atoms with van der Waals surface area (Å²) in [6.07, 6.45) is 1.70. The van der Waals surface area contributed by atoms with Gasteiger partial charge < -0.3 is 5.32 Å². The van der Waals surface area contributed by atoms with Crippen LogP contribution in [0, 0.1) is 0 Å². The second-order valence-electron chi connectivity index (χ2n) is 6.73. The monoisotopic (exact) mass is 444 g/mol. The molecule has 0 aliphatic rings. The normalized spacial score (nSPS) is 11.0. The number of carbonyl (C=O) groups is 1. The lowest BCUT2D eigenvalue weighted by atomic mass is 10.1. The average molecular weight is 444 g/mol. The quantitative estimate of drug-likeness (QED) is 0.391. The van der Waals surface area contributed by atoms with Crippen molar-refractivity contribution in [2.75, 3.05) is 11.1 Å². The van der Waals surface area contributed by atoms with Crippen molar-refractivity contribution in [2.24, 2.45) is 7.05 Å². The second kappa shape index (κ2) is 8.51. The minimum absolute atomic E-state index is 0.144. The molecule has 0 spiro atoms. The van der Waals surface area contributed by atoms with Gasteiger partial charge in [-0.05, 0) is 46.8 Å². The van der Waals surface area contributed by atoms with Crippen LogP contribution in [-0.2, 0) is 11.8 Å². The minimum Gasteiger partial charge on any atom is -0.325 e. The molecule has 0 bridgehead atoms. The largest absolute Gasteiger partial charge is 0.325 e. The molecule has 4 heterocycles. The zero-order valence-electron chi connectivity index (χ0n) is 16.8. The Kier molecular flexibility index (Phi) is 5.25. The molecular formula is C20H16N10OS. The van der Waals surface area contributed by atoms with Gasteiger partial charge in [-0.25, -0.2) is 4.68 Å². The van der Waals surface area contributed by atoms with E-state index in [1.165, 1.54) is 16.4 Å². The number of carbonyl (C=O) groups excluding carboxylic acids is 1. The molecule has 0 saturated heterocycles. The number of aromatic nitrogens is 9. The van der Waals surface area contributed by atoms with Crippen molar-refractivity contribution in [3.63, 3.8) is 0 Å². The Balaban J connectivity index is 1.31. The molecule has 0 aliphatic carbocycles. The molecule has 0 fully saturated rings. The highest BCUT2D eigenvalue weighted by Crippen LogP contribution is 2.22. The van der Waals surface area contributed by atoms with Crippen LogP contribution >= 0.6 is 11.8 Å². The number of hydrogen-bond acceptors (Lipinski definition) is 9. The smallest absolute Gasteiger partial charge is 0.234 e. The topological polar surface area (TPSA) is 129 Å². The maximum Gasteiger partial charge on any atom is 0.234 e. The molecule has 0 saturated carbocycles. The van der Waals surface area contributed by atoms with Crippen LogP contribution in [0.25, 0.3) is 28.4 Å². The van der Waals surface area contributed by atoms with Crippen LogP contribution < -0.4 is 5.32 Å². The van der Waals surface area contributed by atoms with Crippen molar-refractivity contribution in [3.8, 4) is 22.8 Å². The highest BCUT2D eigenvalue weighted by Gasteiger charge is 2.12. The summed E-state index contributed by atoms with van der Waals surface area (Å²) in [5, 5.41) is 27.6. The van der Waals surface area contributed by atoms with Crippen LogP contribution in [-0.4, -0.2) is 56.7 Å². The number of anilines is 1. The summed E-state index contributed by atoms with van der Waals surface area (Å²) in [5.74, 6) is 0.634. The van der Waals surface area contributed by atoms with Gasteiger partial charge in [-0.15, -0.1) is 15.3 Å². The van der Waals surface area contributed by atoms with E-state index in [2.05, 4.69) is 41.1 Å². The number of fused-ring (bicyclic) bond motifs is 1. The fourth-order valence-electron chi connectivity index (χ4n) is 2.99. The molecule has 32 heavy (non-hydrogen) atoms. The molecule has 4 aromatic heterocycles. The number of thioether (sulfide) groups is 1. The molecule has 1 aromatic carbocycles. The van der Waals surface area contributed by atoms with Crippen LogP contribution in [0.3, 0.4) is 0 Å². The van der Waals surface area contributed by atoms with Gasteiger partial charge in [-0.3, -0.25) is 9.78 Å². The second-order valence-corrected chi connectivity index (χ2v) is 7.67. The predicted molar refractivity (Wildman–Crippen MR) is 118 cm³/mol. The van der Waals surface area contributed by atoms with E-state index >= 15 is 0 Å². The first-order valence-corrected chi connectivity index (χ1v) is 10.6. The standard InChI is InChI=1S/C20H16N10OS/c1-29-20(25-27-28-29)32-12-18(31)22-14-7-5-13(6-8-14)15-9-10-17-23-24-19(30(17)26-15)16-4-2-3-11-21-16/h2-11H,12H2,1H3,(H,22,31). The van der Waals surface area contributed by atoms with Crippen molar-refractivity contribution < 1.29 is 4.79 Å². The van der Waals surface area contributed by atoms with Crippen LogP contribution in [0.5, 0.6) is 0 Å². The van der Waals surface area contributed by atoms with Gasteiger partial charge in [-0.1, -0.05) is 30.0 Å². The van der Waals surface area contributed by atoms with Gasteiger partial charge in [0.15, 0.2) is 5.65 Å². The Morgan fingerprint density at radius 1 is 1.00 bits per heavy atom. The van der Waals surface area contributed by atoms with Crippen molar-refractivity contribution in [1.29, 1.82) is 0 Å². The summed E-state index contributed by atoms with van der Waals surface area (Å²) in [6, 6.07) is 16.8. The van der Waals surface area contributed by atoms with Crippen molar-refractivity contribution in [3.05, 3.63) is 60.8 Å². The maximum atomic E-state index is 12.2. The Bertz CT molecular complexity index is 1380. The predicted octanol–water partition coefficient (Wildman–Crippen LogP) is 2.11. The van der Waals surface area contributed by atoms with Crippen LogP contribution in [0.4, 0.5) is 5.69 Å². The number of aryl methyl sites for hydroxylation is 1. The van der Waals surface area contributed by atoms with Crippen LogP contribution in [0.1, 0.15) is 0 Å². The number of pyridine rings is 1. The Morgan fingerprint density at radius 2 is 1.88 bits per heavy atom. The van der Waals surface area contributed by atoms with Crippen molar-refractivity contribution >= 4 is 29.0 Å². The van der Waals surface area contributed by atoms with E-state index in [9.17, 15) is 4.79 Å². The molecule has 0 unspecified atom stereocenters. The van der Waals surface area contributed by atoms with E-state index in [1.807, 2.05) is 54.6 Å². The summed E-state index contributed by atoms with van der Waals surface area (Å²) in [7, 11) is 1.73. The Morgan fingerprint density at radius 3 is 2.62 bits per heavy atom. The fourth-order valence-corrected chi connectivity index (χ4v) is 3.64. The lowest BCUT2D eigenvalue weighted by Crippen LogP contribution is -2.14. The average Bonchev–Trinajstić information content (AvgIpc) is 3.44. The highest BCUT2D eigenvalue weighted by molar-refractivity contribution is 7.99. The third kappa shape index (κ3) is 4.03. The molecule has 1 amide bonds. The van der Waals surface area contributed by atoms with Crippen molar-refractivity contribution in [1.82, 2.24) is 45.0 Å². The molecule has 5 rings (SSSR count). The number of hydrogen-bond donors (Lipinski definition) is 1. The summed E-state index contributed by atoms with van der Waals surface area (Å²) in [5.41, 5.74) is 3.66. The first-order chi connectivity index (χ1) is 15.7. The van der Waals surface area contributed by atoms with Gasteiger partial charge in [-0.2, -0.15) is 9.61 Å². The third-order valence-electron chi connectivity index (χ3n) is 4.53. The Hall–Kier alpha value is -4.19. The van der Waals surface area contributed by atoms with E-state index < -0.39 is 0 Å².